The van der Waals surface area contributed by atoms with Crippen LogP contribution in [0.25, 0.3) is 0 Å². The first-order valence-corrected chi connectivity index (χ1v) is 3.76. The molecule has 0 unspecified atom stereocenters. The summed E-state index contributed by atoms with van der Waals surface area (Å²) in [5, 5.41) is 18.3. The molecule has 0 aliphatic carbocycles. The van der Waals surface area contributed by atoms with Gasteiger partial charge in [-0.15, -0.1) is 0 Å². The molecule has 0 bridgehead atoms. The van der Waals surface area contributed by atoms with Gasteiger partial charge in [0.15, 0.2) is 12.5 Å². The molecular formula is C7H13FO4. The van der Waals surface area contributed by atoms with E-state index in [0.717, 1.165) is 0 Å². The summed E-state index contributed by atoms with van der Waals surface area (Å²) in [6.07, 6.45) is -6.01. The van der Waals surface area contributed by atoms with Gasteiger partial charge in [0, 0.05) is 7.11 Å². The van der Waals surface area contributed by atoms with Crippen molar-refractivity contribution in [2.24, 2.45) is 0 Å². The van der Waals surface area contributed by atoms with Crippen LogP contribution in [-0.2, 0) is 9.47 Å². The van der Waals surface area contributed by atoms with Crippen LogP contribution in [0.4, 0.5) is 4.39 Å². The fourth-order valence-electron chi connectivity index (χ4n) is 1.18. The fourth-order valence-corrected chi connectivity index (χ4v) is 1.18. The number of alkyl halides is 1. The van der Waals surface area contributed by atoms with E-state index in [1.165, 1.54) is 7.11 Å². The predicted octanol–water partition coefficient (Wildman–Crippen LogP) is -0.563. The Balaban J connectivity index is 2.63. The highest BCUT2D eigenvalue weighted by Crippen LogP contribution is 2.23. The lowest BCUT2D eigenvalue weighted by molar-refractivity contribution is -0.270. The molecule has 5 heteroatoms. The van der Waals surface area contributed by atoms with Gasteiger partial charge in [0.25, 0.3) is 0 Å². The number of aliphatic hydroxyl groups is 2. The molecule has 0 amide bonds. The predicted molar refractivity (Wildman–Crippen MR) is 38.3 cm³/mol. The second kappa shape index (κ2) is 3.66. The third kappa shape index (κ3) is 1.59. The van der Waals surface area contributed by atoms with Crippen molar-refractivity contribution in [2.75, 3.05) is 7.11 Å². The first kappa shape index (κ1) is 9.85. The molecule has 1 heterocycles. The maximum atomic E-state index is 13.0. The van der Waals surface area contributed by atoms with E-state index < -0.39 is 30.8 Å². The third-order valence-corrected chi connectivity index (χ3v) is 2.00. The van der Waals surface area contributed by atoms with E-state index in [4.69, 9.17) is 14.9 Å². The number of rotatable bonds is 1. The third-order valence-electron chi connectivity index (χ3n) is 2.00. The second-order valence-corrected chi connectivity index (χ2v) is 2.87. The average Bonchev–Trinajstić information content (AvgIpc) is 2.08. The first-order chi connectivity index (χ1) is 5.57. The van der Waals surface area contributed by atoms with E-state index >= 15 is 0 Å². The largest absolute Gasteiger partial charge is 0.388 e. The van der Waals surface area contributed by atoms with Gasteiger partial charge in [0.05, 0.1) is 6.10 Å². The van der Waals surface area contributed by atoms with Crippen molar-refractivity contribution < 1.29 is 24.1 Å². The number of aliphatic hydroxyl groups excluding tert-OH is 2. The zero-order valence-corrected chi connectivity index (χ0v) is 6.98. The van der Waals surface area contributed by atoms with Crippen molar-refractivity contribution in [3.8, 4) is 0 Å². The number of halogens is 1. The lowest BCUT2D eigenvalue weighted by Crippen LogP contribution is -2.55. The van der Waals surface area contributed by atoms with E-state index in [0.29, 0.717) is 0 Å². The van der Waals surface area contributed by atoms with Gasteiger partial charge in [0.1, 0.15) is 12.2 Å². The normalized spacial score (nSPS) is 49.2. The van der Waals surface area contributed by atoms with Gasteiger partial charge in [-0.05, 0) is 6.92 Å². The molecule has 2 N–H and O–H groups in total. The van der Waals surface area contributed by atoms with Crippen LogP contribution in [0.1, 0.15) is 6.92 Å². The Morgan fingerprint density at radius 1 is 1.33 bits per heavy atom. The molecule has 0 aromatic carbocycles. The quantitative estimate of drug-likeness (QED) is 0.567. The van der Waals surface area contributed by atoms with Gasteiger partial charge < -0.3 is 19.7 Å². The zero-order valence-electron chi connectivity index (χ0n) is 6.98. The lowest BCUT2D eigenvalue weighted by Gasteiger charge is -2.37. The summed E-state index contributed by atoms with van der Waals surface area (Å²) >= 11 is 0. The van der Waals surface area contributed by atoms with Crippen molar-refractivity contribution in [3.05, 3.63) is 0 Å². The summed E-state index contributed by atoms with van der Waals surface area (Å²) in [7, 11) is 1.29. The molecule has 5 atom stereocenters. The van der Waals surface area contributed by atoms with E-state index in [1.54, 1.807) is 6.92 Å². The van der Waals surface area contributed by atoms with Crippen molar-refractivity contribution in [1.82, 2.24) is 0 Å². The van der Waals surface area contributed by atoms with Crippen molar-refractivity contribution in [3.63, 3.8) is 0 Å². The van der Waals surface area contributed by atoms with E-state index in [2.05, 4.69) is 4.74 Å². The Labute approximate surface area is 69.9 Å². The Hall–Kier alpha value is -0.230. The van der Waals surface area contributed by atoms with Gasteiger partial charge in [0.2, 0.25) is 0 Å². The molecule has 0 spiro atoms. The molecule has 0 aromatic heterocycles. The number of hydrogen-bond acceptors (Lipinski definition) is 4. The van der Waals surface area contributed by atoms with Crippen LogP contribution >= 0.6 is 0 Å². The highest BCUT2D eigenvalue weighted by atomic mass is 19.1. The number of ether oxygens (including phenoxy) is 2. The average molecular weight is 180 g/mol. The van der Waals surface area contributed by atoms with E-state index in [-0.39, 0.29) is 0 Å². The molecule has 1 rings (SSSR count). The Morgan fingerprint density at radius 2 is 1.92 bits per heavy atom. The van der Waals surface area contributed by atoms with E-state index in [1.807, 2.05) is 0 Å². The zero-order chi connectivity index (χ0) is 9.30. The minimum Gasteiger partial charge on any atom is -0.388 e. The van der Waals surface area contributed by atoms with Crippen LogP contribution in [0.2, 0.25) is 0 Å². The first-order valence-electron chi connectivity index (χ1n) is 3.76. The van der Waals surface area contributed by atoms with Crippen molar-refractivity contribution in [2.45, 2.75) is 37.7 Å². The highest BCUT2D eigenvalue weighted by molar-refractivity contribution is 4.87. The Morgan fingerprint density at radius 3 is 2.42 bits per heavy atom. The summed E-state index contributed by atoms with van der Waals surface area (Å²) in [5.74, 6) is 0. The van der Waals surface area contributed by atoms with Crippen LogP contribution in [0.15, 0.2) is 0 Å². The summed E-state index contributed by atoms with van der Waals surface area (Å²) in [5.41, 5.74) is 0. The van der Waals surface area contributed by atoms with Crippen LogP contribution in [0.3, 0.4) is 0 Å². The van der Waals surface area contributed by atoms with Crippen LogP contribution < -0.4 is 0 Å². The topological polar surface area (TPSA) is 58.9 Å². The monoisotopic (exact) mass is 180 g/mol. The molecule has 1 aliphatic heterocycles. The van der Waals surface area contributed by atoms with Crippen LogP contribution in [0.5, 0.6) is 0 Å². The second-order valence-electron chi connectivity index (χ2n) is 2.87. The van der Waals surface area contributed by atoms with Gasteiger partial charge in [-0.25, -0.2) is 4.39 Å². The molecule has 72 valence electrons. The minimum atomic E-state index is -1.69. The summed E-state index contributed by atoms with van der Waals surface area (Å²) < 4.78 is 22.6. The van der Waals surface area contributed by atoms with Gasteiger partial charge in [-0.1, -0.05) is 0 Å². The summed E-state index contributed by atoms with van der Waals surface area (Å²) in [6, 6.07) is 0. The van der Waals surface area contributed by atoms with Crippen LogP contribution in [0, 0.1) is 0 Å². The maximum absolute atomic E-state index is 13.0. The van der Waals surface area contributed by atoms with E-state index in [9.17, 15) is 4.39 Å². The van der Waals surface area contributed by atoms with Crippen molar-refractivity contribution in [1.29, 1.82) is 0 Å². The summed E-state index contributed by atoms with van der Waals surface area (Å²) in [4.78, 5) is 0. The van der Waals surface area contributed by atoms with Crippen LogP contribution in [-0.4, -0.2) is 48.1 Å². The molecule has 1 fully saturated rings. The maximum Gasteiger partial charge on any atom is 0.191 e. The SMILES string of the molecule is CO[C@@H]1O[C@H](C)[C@@H](O)[C@H](O)[C@H]1F. The van der Waals surface area contributed by atoms with Gasteiger partial charge in [-0.3, -0.25) is 0 Å². The standard InChI is InChI=1S/C7H13FO4/c1-3-5(9)6(10)4(8)7(11-2)12-3/h3-7,9-10H,1-2H3/t3-,4-,5-,6-,7-/m1/s1. The molecular weight excluding hydrogens is 167 g/mol. The molecule has 0 aromatic rings. The smallest absolute Gasteiger partial charge is 0.191 e. The number of methoxy groups -OCH3 is 1. The lowest BCUT2D eigenvalue weighted by atomic mass is 10.0. The van der Waals surface area contributed by atoms with Gasteiger partial charge in [-0.2, -0.15) is 0 Å². The molecule has 0 radical (unpaired) electrons. The van der Waals surface area contributed by atoms with Gasteiger partial charge >= 0.3 is 0 Å². The molecule has 4 nitrogen and oxygen atoms in total. The molecule has 12 heavy (non-hydrogen) atoms. The molecule has 1 saturated heterocycles. The Bertz CT molecular complexity index is 150. The highest BCUT2D eigenvalue weighted by Gasteiger charge is 2.43. The Kier molecular flexibility index (Phi) is 3.00. The minimum absolute atomic E-state index is 0.614. The number of hydrogen-bond donors (Lipinski definition) is 2. The fraction of sp³-hybridized carbons (Fsp3) is 1.00. The molecule has 0 saturated carbocycles. The molecule has 1 aliphatic rings. The summed E-state index contributed by atoms with van der Waals surface area (Å²) in [6.45, 7) is 1.55. The van der Waals surface area contributed by atoms with Crippen molar-refractivity contribution >= 4 is 0 Å².